The smallest absolute Gasteiger partial charge is 0.323 e. The molecule has 11 heavy (non-hydrogen) atoms. The van der Waals surface area contributed by atoms with Crippen LogP contribution in [0.4, 0.5) is 0 Å². The van der Waals surface area contributed by atoms with Gasteiger partial charge >= 0.3 is 5.97 Å². The fourth-order valence-corrected chi connectivity index (χ4v) is 1.36. The summed E-state index contributed by atoms with van der Waals surface area (Å²) >= 11 is 0. The number of nitrogens with one attached hydrogen (secondary N) is 1. The normalized spacial score (nSPS) is 30.4. The molecular weight excluding hydrogens is 142 g/mol. The van der Waals surface area contributed by atoms with Crippen molar-refractivity contribution in [3.05, 3.63) is 0 Å². The van der Waals surface area contributed by atoms with Gasteiger partial charge in [0.1, 0.15) is 6.04 Å². The quantitative estimate of drug-likeness (QED) is 0.599. The average Bonchev–Trinajstić information content (AvgIpc) is 2.36. The molecule has 1 rings (SSSR count). The van der Waals surface area contributed by atoms with E-state index >= 15 is 0 Å². The van der Waals surface area contributed by atoms with Crippen LogP contribution in [0.1, 0.15) is 26.7 Å². The highest BCUT2D eigenvalue weighted by Gasteiger charge is 2.27. The second-order valence-corrected chi connectivity index (χ2v) is 2.95. The fourth-order valence-electron chi connectivity index (χ4n) is 1.36. The summed E-state index contributed by atoms with van der Waals surface area (Å²) < 4.78 is 4.87. The highest BCUT2D eigenvalue weighted by atomic mass is 16.5. The molecule has 3 nitrogen and oxygen atoms in total. The van der Waals surface area contributed by atoms with Gasteiger partial charge in [0, 0.05) is 6.04 Å². The Morgan fingerprint density at radius 1 is 1.64 bits per heavy atom. The second-order valence-electron chi connectivity index (χ2n) is 2.95. The van der Waals surface area contributed by atoms with Gasteiger partial charge in [-0.3, -0.25) is 4.79 Å². The van der Waals surface area contributed by atoms with E-state index in [4.69, 9.17) is 4.74 Å². The van der Waals surface area contributed by atoms with Gasteiger partial charge in [-0.25, -0.2) is 0 Å². The lowest BCUT2D eigenvalue weighted by Crippen LogP contribution is -2.35. The van der Waals surface area contributed by atoms with Gasteiger partial charge in [0.05, 0.1) is 6.61 Å². The molecule has 2 atom stereocenters. The van der Waals surface area contributed by atoms with Gasteiger partial charge in [0.2, 0.25) is 0 Å². The predicted molar refractivity (Wildman–Crippen MR) is 42.3 cm³/mol. The Bertz CT molecular complexity index is 147. The van der Waals surface area contributed by atoms with Crippen molar-refractivity contribution in [3.63, 3.8) is 0 Å². The summed E-state index contributed by atoms with van der Waals surface area (Å²) in [5, 5.41) is 3.16. The maximum absolute atomic E-state index is 11.1. The summed E-state index contributed by atoms with van der Waals surface area (Å²) in [4.78, 5) is 11.1. The first-order valence-electron chi connectivity index (χ1n) is 4.16. The van der Waals surface area contributed by atoms with Crippen LogP contribution >= 0.6 is 0 Å². The Morgan fingerprint density at radius 3 is 2.82 bits per heavy atom. The first-order valence-corrected chi connectivity index (χ1v) is 4.16. The zero-order chi connectivity index (χ0) is 8.27. The van der Waals surface area contributed by atoms with Crippen LogP contribution in [0.15, 0.2) is 0 Å². The molecular formula is C8H15NO2. The zero-order valence-electron chi connectivity index (χ0n) is 7.09. The molecule has 1 N–H and O–H groups in total. The van der Waals surface area contributed by atoms with Crippen LogP contribution < -0.4 is 5.32 Å². The minimum Gasteiger partial charge on any atom is -0.465 e. The van der Waals surface area contributed by atoms with Crippen LogP contribution in [0.2, 0.25) is 0 Å². The number of ether oxygens (including phenoxy) is 1. The molecule has 64 valence electrons. The SMILES string of the molecule is CCOC(=O)[C@@H]1CCC(C)N1. The van der Waals surface area contributed by atoms with E-state index in [-0.39, 0.29) is 12.0 Å². The van der Waals surface area contributed by atoms with Gasteiger partial charge in [-0.2, -0.15) is 0 Å². The molecule has 0 bridgehead atoms. The van der Waals surface area contributed by atoms with Crippen molar-refractivity contribution in [1.29, 1.82) is 0 Å². The topological polar surface area (TPSA) is 38.3 Å². The molecule has 1 saturated heterocycles. The molecule has 0 radical (unpaired) electrons. The third-order valence-electron chi connectivity index (χ3n) is 1.95. The first-order chi connectivity index (χ1) is 5.24. The Balaban J connectivity index is 2.31. The van der Waals surface area contributed by atoms with Crippen molar-refractivity contribution in [2.75, 3.05) is 6.61 Å². The summed E-state index contributed by atoms with van der Waals surface area (Å²) in [7, 11) is 0. The molecule has 0 aromatic heterocycles. The number of hydrogen-bond donors (Lipinski definition) is 1. The van der Waals surface area contributed by atoms with Crippen molar-refractivity contribution in [3.8, 4) is 0 Å². The predicted octanol–water partition coefficient (Wildman–Crippen LogP) is 0.690. The van der Waals surface area contributed by atoms with E-state index in [1.165, 1.54) is 0 Å². The largest absolute Gasteiger partial charge is 0.465 e. The van der Waals surface area contributed by atoms with Gasteiger partial charge < -0.3 is 10.1 Å². The standard InChI is InChI=1S/C8H15NO2/c1-3-11-8(10)7-5-4-6(2)9-7/h6-7,9H,3-5H2,1-2H3/t6?,7-/m0/s1. The first kappa shape index (κ1) is 8.53. The Labute approximate surface area is 67.1 Å². The molecule has 0 aliphatic carbocycles. The van der Waals surface area contributed by atoms with Crippen LogP contribution in [0.5, 0.6) is 0 Å². The van der Waals surface area contributed by atoms with Crippen LogP contribution in [0, 0.1) is 0 Å². The summed E-state index contributed by atoms with van der Waals surface area (Å²) in [5.41, 5.74) is 0. The molecule has 0 spiro atoms. The second kappa shape index (κ2) is 3.72. The van der Waals surface area contributed by atoms with Crippen molar-refractivity contribution in [2.45, 2.75) is 38.8 Å². The van der Waals surface area contributed by atoms with E-state index < -0.39 is 0 Å². The Hall–Kier alpha value is -0.570. The summed E-state index contributed by atoms with van der Waals surface area (Å²) in [5.74, 6) is -0.100. The van der Waals surface area contributed by atoms with Gasteiger partial charge in [0.25, 0.3) is 0 Å². The summed E-state index contributed by atoms with van der Waals surface area (Å²) in [6.45, 7) is 4.39. The third-order valence-corrected chi connectivity index (χ3v) is 1.95. The summed E-state index contributed by atoms with van der Waals surface area (Å²) in [6.07, 6.45) is 1.99. The van der Waals surface area contributed by atoms with Crippen molar-refractivity contribution in [2.24, 2.45) is 0 Å². The van der Waals surface area contributed by atoms with E-state index in [2.05, 4.69) is 12.2 Å². The number of esters is 1. The maximum Gasteiger partial charge on any atom is 0.323 e. The lowest BCUT2D eigenvalue weighted by Gasteiger charge is -2.09. The molecule has 1 fully saturated rings. The van der Waals surface area contributed by atoms with Gasteiger partial charge in [-0.15, -0.1) is 0 Å². The number of hydrogen-bond acceptors (Lipinski definition) is 3. The molecule has 0 aromatic rings. The molecule has 1 unspecified atom stereocenters. The summed E-state index contributed by atoms with van der Waals surface area (Å²) in [6, 6.07) is 0.411. The van der Waals surface area contributed by atoms with Crippen molar-refractivity contribution in [1.82, 2.24) is 5.32 Å². The molecule has 1 aliphatic rings. The lowest BCUT2D eigenvalue weighted by atomic mass is 10.2. The molecule has 0 aromatic carbocycles. The van der Waals surface area contributed by atoms with Crippen LogP contribution in [0.25, 0.3) is 0 Å². The van der Waals surface area contributed by atoms with Gasteiger partial charge in [-0.1, -0.05) is 0 Å². The molecule has 1 heterocycles. The van der Waals surface area contributed by atoms with Crippen molar-refractivity contribution >= 4 is 5.97 Å². The number of carbonyl (C=O) groups excluding carboxylic acids is 1. The van der Waals surface area contributed by atoms with Gasteiger partial charge in [0.15, 0.2) is 0 Å². The molecule has 3 heteroatoms. The van der Waals surface area contributed by atoms with E-state index in [9.17, 15) is 4.79 Å². The molecule has 0 amide bonds. The Kier molecular flexibility index (Phi) is 2.88. The van der Waals surface area contributed by atoms with Crippen molar-refractivity contribution < 1.29 is 9.53 Å². The minimum absolute atomic E-state index is 0.0510. The Morgan fingerprint density at radius 2 is 2.36 bits per heavy atom. The van der Waals surface area contributed by atoms with Crippen LogP contribution in [-0.2, 0) is 9.53 Å². The molecule has 0 saturated carbocycles. The highest BCUT2D eigenvalue weighted by Crippen LogP contribution is 2.12. The van der Waals surface area contributed by atoms with Crippen LogP contribution in [-0.4, -0.2) is 24.7 Å². The van der Waals surface area contributed by atoms with Gasteiger partial charge in [-0.05, 0) is 26.7 Å². The lowest BCUT2D eigenvalue weighted by molar-refractivity contribution is -0.145. The van der Waals surface area contributed by atoms with E-state index in [1.807, 2.05) is 6.92 Å². The molecule has 1 aliphatic heterocycles. The van der Waals surface area contributed by atoms with Crippen LogP contribution in [0.3, 0.4) is 0 Å². The number of carbonyl (C=O) groups is 1. The third kappa shape index (κ3) is 2.19. The fraction of sp³-hybridized carbons (Fsp3) is 0.875. The average molecular weight is 157 g/mol. The number of rotatable bonds is 2. The van der Waals surface area contributed by atoms with E-state index in [1.54, 1.807) is 0 Å². The zero-order valence-corrected chi connectivity index (χ0v) is 7.09. The van der Waals surface area contributed by atoms with E-state index in [0.29, 0.717) is 12.6 Å². The van der Waals surface area contributed by atoms with E-state index in [0.717, 1.165) is 12.8 Å². The monoisotopic (exact) mass is 157 g/mol. The minimum atomic E-state index is -0.100. The highest BCUT2D eigenvalue weighted by molar-refractivity contribution is 5.76. The maximum atomic E-state index is 11.1.